The second-order valence-corrected chi connectivity index (χ2v) is 7.68. The van der Waals surface area contributed by atoms with E-state index in [2.05, 4.69) is 47.8 Å². The van der Waals surface area contributed by atoms with Crippen LogP contribution in [-0.4, -0.2) is 16.2 Å². The Hall–Kier alpha value is -0.410. The van der Waals surface area contributed by atoms with Crippen LogP contribution in [0, 0.1) is 17.3 Å². The zero-order chi connectivity index (χ0) is 14.0. The van der Waals surface area contributed by atoms with Gasteiger partial charge < -0.3 is 5.11 Å². The first-order valence-corrected chi connectivity index (χ1v) is 7.95. The fourth-order valence-electron chi connectivity index (χ4n) is 3.47. The molecule has 2 rings (SSSR count). The van der Waals surface area contributed by atoms with Gasteiger partial charge in [-0.15, -0.1) is 0 Å². The molecule has 1 fully saturated rings. The maximum atomic E-state index is 10.4. The largest absolute Gasteiger partial charge is 0.393 e. The van der Waals surface area contributed by atoms with E-state index in [4.69, 9.17) is 0 Å². The number of pyridine rings is 1. The Balaban J connectivity index is 2.09. The fraction of sp³-hybridized carbons (Fsp3) is 0.688. The molecule has 1 aliphatic rings. The number of aliphatic hydroxyl groups is 1. The monoisotopic (exact) mass is 325 g/mol. The molecule has 19 heavy (non-hydrogen) atoms. The van der Waals surface area contributed by atoms with E-state index >= 15 is 0 Å². The van der Waals surface area contributed by atoms with Gasteiger partial charge in [0.2, 0.25) is 0 Å². The summed E-state index contributed by atoms with van der Waals surface area (Å²) in [6, 6.07) is 2.13. The van der Waals surface area contributed by atoms with Crippen molar-refractivity contribution in [2.45, 2.75) is 52.6 Å². The van der Waals surface area contributed by atoms with Gasteiger partial charge in [0.05, 0.1) is 6.10 Å². The molecule has 3 unspecified atom stereocenters. The third-order valence-corrected chi connectivity index (χ3v) is 4.94. The lowest BCUT2D eigenvalue weighted by molar-refractivity contribution is -0.0125. The molecule has 0 aliphatic heterocycles. The van der Waals surface area contributed by atoms with Gasteiger partial charge in [0.1, 0.15) is 0 Å². The third kappa shape index (κ3) is 3.79. The van der Waals surface area contributed by atoms with E-state index in [1.54, 1.807) is 0 Å². The molecule has 1 aromatic heterocycles. The number of rotatable bonds is 3. The summed E-state index contributed by atoms with van der Waals surface area (Å²) in [7, 11) is 0. The Bertz CT molecular complexity index is 433. The van der Waals surface area contributed by atoms with Gasteiger partial charge in [0, 0.05) is 16.9 Å². The van der Waals surface area contributed by atoms with Gasteiger partial charge in [-0.05, 0) is 64.1 Å². The molecule has 1 heterocycles. The highest BCUT2D eigenvalue weighted by Gasteiger charge is 2.38. The predicted octanol–water partition coefficient (Wildman–Crippen LogP) is 4.21. The van der Waals surface area contributed by atoms with E-state index in [1.807, 2.05) is 12.4 Å². The summed E-state index contributed by atoms with van der Waals surface area (Å²) in [6.45, 7) is 6.79. The topological polar surface area (TPSA) is 33.1 Å². The summed E-state index contributed by atoms with van der Waals surface area (Å²) in [4.78, 5) is 4.24. The molecule has 1 saturated carbocycles. The van der Waals surface area contributed by atoms with Crippen molar-refractivity contribution in [2.75, 3.05) is 0 Å². The van der Waals surface area contributed by atoms with Crippen molar-refractivity contribution >= 4 is 15.9 Å². The van der Waals surface area contributed by atoms with Crippen LogP contribution >= 0.6 is 15.9 Å². The Morgan fingerprint density at radius 3 is 2.74 bits per heavy atom. The van der Waals surface area contributed by atoms with E-state index in [-0.39, 0.29) is 11.5 Å². The molecule has 1 aromatic rings. The first-order chi connectivity index (χ1) is 8.88. The highest BCUT2D eigenvalue weighted by Crippen LogP contribution is 2.42. The minimum absolute atomic E-state index is 0.113. The zero-order valence-corrected chi connectivity index (χ0v) is 13.7. The van der Waals surface area contributed by atoms with E-state index in [0.717, 1.165) is 23.7 Å². The maximum absolute atomic E-state index is 10.4. The molecule has 0 spiro atoms. The van der Waals surface area contributed by atoms with E-state index in [1.165, 1.54) is 12.0 Å². The predicted molar refractivity (Wildman–Crippen MR) is 81.9 cm³/mol. The first kappa shape index (κ1) is 15.0. The van der Waals surface area contributed by atoms with Crippen molar-refractivity contribution in [3.63, 3.8) is 0 Å². The van der Waals surface area contributed by atoms with Crippen LogP contribution in [0.5, 0.6) is 0 Å². The van der Waals surface area contributed by atoms with Crippen LogP contribution < -0.4 is 0 Å². The quantitative estimate of drug-likeness (QED) is 0.902. The summed E-state index contributed by atoms with van der Waals surface area (Å²) in [5, 5.41) is 10.4. The van der Waals surface area contributed by atoms with Crippen molar-refractivity contribution < 1.29 is 5.11 Å². The van der Waals surface area contributed by atoms with Crippen molar-refractivity contribution in [3.05, 3.63) is 28.5 Å². The lowest BCUT2D eigenvalue weighted by Crippen LogP contribution is -2.39. The van der Waals surface area contributed by atoms with E-state index < -0.39 is 0 Å². The van der Waals surface area contributed by atoms with Crippen molar-refractivity contribution in [1.82, 2.24) is 4.98 Å². The van der Waals surface area contributed by atoms with Gasteiger partial charge in [-0.3, -0.25) is 4.98 Å². The summed E-state index contributed by atoms with van der Waals surface area (Å²) in [5.41, 5.74) is 1.35. The normalized spacial score (nSPS) is 28.4. The number of aromatic nitrogens is 1. The molecule has 0 amide bonds. The summed E-state index contributed by atoms with van der Waals surface area (Å²) in [5.74, 6) is 1.05. The van der Waals surface area contributed by atoms with Crippen molar-refractivity contribution in [2.24, 2.45) is 17.3 Å². The molecule has 3 heteroatoms. The maximum Gasteiger partial charge on any atom is 0.0576 e. The average molecular weight is 326 g/mol. The van der Waals surface area contributed by atoms with Crippen LogP contribution in [0.1, 0.15) is 45.6 Å². The zero-order valence-electron chi connectivity index (χ0n) is 12.1. The number of nitrogens with zero attached hydrogens (tertiary/aromatic N) is 1. The smallest absolute Gasteiger partial charge is 0.0576 e. The standard InChI is InChI=1S/C16H24BrNO/c1-11-4-5-14(15(19)6-11)16(2,3)8-12-7-13(17)10-18-9-12/h7,9-11,14-15,19H,4-6,8H2,1-3H3. The van der Waals surface area contributed by atoms with Crippen LogP contribution in [-0.2, 0) is 6.42 Å². The molecule has 0 radical (unpaired) electrons. The Morgan fingerprint density at radius 2 is 2.11 bits per heavy atom. The van der Waals surface area contributed by atoms with Crippen LogP contribution in [0.25, 0.3) is 0 Å². The second kappa shape index (κ2) is 5.92. The van der Waals surface area contributed by atoms with Crippen LogP contribution in [0.3, 0.4) is 0 Å². The molecule has 3 atom stereocenters. The van der Waals surface area contributed by atoms with E-state index in [9.17, 15) is 5.11 Å². The van der Waals surface area contributed by atoms with Crippen LogP contribution in [0.15, 0.2) is 22.9 Å². The lowest BCUT2D eigenvalue weighted by Gasteiger charge is -2.42. The molecule has 106 valence electrons. The third-order valence-electron chi connectivity index (χ3n) is 4.50. The lowest BCUT2D eigenvalue weighted by atomic mass is 9.65. The molecule has 2 nitrogen and oxygen atoms in total. The fourth-order valence-corrected chi connectivity index (χ4v) is 3.88. The first-order valence-electron chi connectivity index (χ1n) is 7.16. The number of hydrogen-bond acceptors (Lipinski definition) is 2. The number of hydrogen-bond donors (Lipinski definition) is 1. The molecule has 0 saturated heterocycles. The van der Waals surface area contributed by atoms with Gasteiger partial charge in [0.15, 0.2) is 0 Å². The van der Waals surface area contributed by atoms with Crippen molar-refractivity contribution in [1.29, 1.82) is 0 Å². The Labute approximate surface area is 124 Å². The molecule has 1 aliphatic carbocycles. The SMILES string of the molecule is CC1CCC(C(C)(C)Cc2cncc(Br)c2)C(O)C1. The van der Waals surface area contributed by atoms with Gasteiger partial charge in [-0.1, -0.05) is 27.2 Å². The second-order valence-electron chi connectivity index (χ2n) is 6.77. The summed E-state index contributed by atoms with van der Waals surface area (Å²) in [6.07, 6.45) is 7.88. The molecule has 1 N–H and O–H groups in total. The van der Waals surface area contributed by atoms with E-state index in [0.29, 0.717) is 11.8 Å². The van der Waals surface area contributed by atoms with Gasteiger partial charge in [-0.25, -0.2) is 0 Å². The average Bonchev–Trinajstić information content (AvgIpc) is 2.27. The van der Waals surface area contributed by atoms with Gasteiger partial charge in [0.25, 0.3) is 0 Å². The molecular weight excluding hydrogens is 302 g/mol. The summed E-state index contributed by atoms with van der Waals surface area (Å²) >= 11 is 3.47. The number of aliphatic hydroxyl groups excluding tert-OH is 1. The molecule has 0 aromatic carbocycles. The molecule has 0 bridgehead atoms. The van der Waals surface area contributed by atoms with Gasteiger partial charge in [-0.2, -0.15) is 0 Å². The van der Waals surface area contributed by atoms with Crippen LogP contribution in [0.4, 0.5) is 0 Å². The minimum atomic E-state index is -0.154. The Kier molecular flexibility index (Phi) is 4.67. The van der Waals surface area contributed by atoms with Crippen LogP contribution in [0.2, 0.25) is 0 Å². The summed E-state index contributed by atoms with van der Waals surface area (Å²) < 4.78 is 1.03. The molecular formula is C16H24BrNO. The Morgan fingerprint density at radius 1 is 1.37 bits per heavy atom. The van der Waals surface area contributed by atoms with Crippen molar-refractivity contribution in [3.8, 4) is 0 Å². The highest BCUT2D eigenvalue weighted by molar-refractivity contribution is 9.10. The number of halogens is 1. The van der Waals surface area contributed by atoms with Gasteiger partial charge >= 0.3 is 0 Å². The minimum Gasteiger partial charge on any atom is -0.393 e. The highest BCUT2D eigenvalue weighted by atomic mass is 79.9.